The summed E-state index contributed by atoms with van der Waals surface area (Å²) in [5, 5.41) is 18.5. The molecule has 2 atom stereocenters. The second kappa shape index (κ2) is 13.3. The number of carbonyl (C=O) groups is 4. The molecule has 2 aliphatic rings. The summed E-state index contributed by atoms with van der Waals surface area (Å²) in [6.45, 7) is 6.56. The van der Waals surface area contributed by atoms with Crippen molar-refractivity contribution in [1.82, 2.24) is 0 Å². The Kier molecular flexibility index (Phi) is 11.2. The van der Waals surface area contributed by atoms with Crippen molar-refractivity contribution >= 4 is 54.8 Å². The van der Waals surface area contributed by atoms with E-state index in [1.54, 1.807) is 27.7 Å². The van der Waals surface area contributed by atoms with Crippen LogP contribution in [0.25, 0.3) is 0 Å². The molecule has 0 spiro atoms. The lowest BCUT2D eigenvalue weighted by Crippen LogP contribution is -2.24. The lowest BCUT2D eigenvalue weighted by atomic mass is 9.87. The van der Waals surface area contributed by atoms with Crippen LogP contribution in [0.2, 0.25) is 0 Å². The number of ketones is 2. The van der Waals surface area contributed by atoms with Crippen LogP contribution < -0.4 is 0 Å². The Hall–Kier alpha value is -1.88. The van der Waals surface area contributed by atoms with Crippen molar-refractivity contribution in [1.29, 1.82) is 0 Å². The van der Waals surface area contributed by atoms with E-state index in [0.29, 0.717) is 77.3 Å². The third-order valence-corrected chi connectivity index (χ3v) is 10.2. The van der Waals surface area contributed by atoms with Crippen molar-refractivity contribution in [3.05, 3.63) is 22.0 Å². The maximum absolute atomic E-state index is 13.0. The van der Waals surface area contributed by atoms with E-state index in [4.69, 9.17) is 0 Å². The summed E-state index contributed by atoms with van der Waals surface area (Å²) in [5.74, 6) is -2.04. The number of carboxylic acids is 2. The summed E-state index contributed by atoms with van der Waals surface area (Å²) >= 11 is 0. The van der Waals surface area contributed by atoms with Gasteiger partial charge in [-0.2, -0.15) is 0 Å². The fraction of sp³-hybridized carbons (Fsp3) is 0.630. The topological polar surface area (TPSA) is 155 Å². The van der Waals surface area contributed by atoms with E-state index in [1.165, 1.54) is 12.2 Å². The van der Waals surface area contributed by atoms with Crippen LogP contribution in [-0.2, 0) is 19.2 Å². The molecule has 0 aromatic rings. The molecule has 0 saturated heterocycles. The van der Waals surface area contributed by atoms with Crippen LogP contribution in [0.1, 0.15) is 98.3 Å². The largest absolute Gasteiger partial charge is 0.799 e. The van der Waals surface area contributed by atoms with Gasteiger partial charge in [0, 0.05) is 12.8 Å². The average Bonchev–Trinajstić information content (AvgIpc) is 2.78. The molecule has 0 aromatic carbocycles. The van der Waals surface area contributed by atoms with Crippen LogP contribution in [0.3, 0.4) is 0 Å². The maximum atomic E-state index is 13.0. The van der Waals surface area contributed by atoms with Gasteiger partial charge in [-0.1, -0.05) is 0 Å². The normalized spacial score (nSPS) is 21.1. The summed E-state index contributed by atoms with van der Waals surface area (Å²) in [7, 11) is -2.85. The zero-order valence-electron chi connectivity index (χ0n) is 22.1. The predicted octanol–water partition coefficient (Wildman–Crippen LogP) is 5.58. The zero-order valence-corrected chi connectivity index (χ0v) is 23.7. The van der Waals surface area contributed by atoms with Crippen molar-refractivity contribution in [2.24, 2.45) is 10.8 Å². The third kappa shape index (κ3) is 9.12. The minimum Gasteiger partial charge on any atom is -0.799 e. The molecule has 0 fully saturated rings. The molecular weight excluding hydrogens is 516 g/mol. The van der Waals surface area contributed by atoms with Gasteiger partial charge in [0.25, 0.3) is 0 Å². The lowest BCUT2D eigenvalue weighted by molar-refractivity contribution is -0.148. The summed E-state index contributed by atoms with van der Waals surface area (Å²) in [6, 6.07) is 0. The van der Waals surface area contributed by atoms with Gasteiger partial charge in [0.15, 0.2) is 11.6 Å². The fourth-order valence-electron chi connectivity index (χ4n) is 4.26. The average molecular weight is 555 g/mol. The number of allylic oxidation sites excluding steroid dienone is 4. The van der Waals surface area contributed by atoms with Crippen molar-refractivity contribution < 1.29 is 38.5 Å². The first-order valence-electron chi connectivity index (χ1n) is 12.6. The maximum Gasteiger partial charge on any atom is 0.309 e. The van der Waals surface area contributed by atoms with E-state index in [0.717, 1.165) is 0 Å². The molecule has 2 unspecified atom stereocenters. The molecule has 2 N–H and O–H groups in total. The molecular formula is C27H38O8S2-2. The van der Waals surface area contributed by atoms with E-state index in [1.807, 2.05) is 0 Å². The standard InChI is InChI=1S/C27H38O8S2/c1-26(2,24(30)31)12-6-10-22-16-18(28)14-20(36(22)34)8-5-9-21-15-19(29)17-23(37(21)35)11-7-13-27(3,4)25(32)33/h14,17H,5-13,15-16H2,1-4H3,(H2-2,30,31,32,33,34,35)/q-2. The molecule has 0 radical (unpaired) electrons. The molecule has 2 rings (SSSR count). The SMILES string of the molecule is CC(C)(CCCC1=CC(=O)CC(CCCC2=CC(=O)CC(CCCC(C)(C)C(=O)O)=S2[O-])=S1[O-])C(=O)O. The molecule has 0 aromatic heterocycles. The number of rotatable bonds is 14. The molecule has 0 aliphatic carbocycles. The van der Waals surface area contributed by atoms with Gasteiger partial charge in [-0.15, -0.1) is 0 Å². The van der Waals surface area contributed by atoms with Crippen LogP contribution in [0.4, 0.5) is 0 Å². The summed E-state index contributed by atoms with van der Waals surface area (Å²) in [5.41, 5.74) is -1.78. The van der Waals surface area contributed by atoms with Crippen LogP contribution in [0, 0.1) is 10.8 Å². The van der Waals surface area contributed by atoms with Gasteiger partial charge in [-0.05, 0) is 117 Å². The molecule has 0 bridgehead atoms. The van der Waals surface area contributed by atoms with Gasteiger partial charge in [0.2, 0.25) is 0 Å². The highest BCUT2D eigenvalue weighted by atomic mass is 32.2. The summed E-state index contributed by atoms with van der Waals surface area (Å²) < 4.78 is 26.0. The molecule has 2 heterocycles. The van der Waals surface area contributed by atoms with Gasteiger partial charge in [0.05, 0.1) is 10.8 Å². The quantitative estimate of drug-likeness (QED) is 0.264. The van der Waals surface area contributed by atoms with Gasteiger partial charge in [-0.3, -0.25) is 19.2 Å². The summed E-state index contributed by atoms with van der Waals surface area (Å²) in [4.78, 5) is 49.3. The smallest absolute Gasteiger partial charge is 0.309 e. The molecule has 208 valence electrons. The number of hydrogen-bond donors (Lipinski definition) is 2. The molecule has 37 heavy (non-hydrogen) atoms. The van der Waals surface area contributed by atoms with Crippen molar-refractivity contribution in [3.63, 3.8) is 0 Å². The predicted molar refractivity (Wildman–Crippen MR) is 147 cm³/mol. The number of carbonyl (C=O) groups excluding carboxylic acids is 2. The minimum atomic E-state index is -1.43. The number of carboxylic acid groups (broad SMARTS) is 2. The lowest BCUT2D eigenvalue weighted by Gasteiger charge is -2.30. The Morgan fingerprint density at radius 3 is 1.49 bits per heavy atom. The van der Waals surface area contributed by atoms with Crippen molar-refractivity contribution in [3.8, 4) is 0 Å². The van der Waals surface area contributed by atoms with E-state index in [-0.39, 0.29) is 24.4 Å². The van der Waals surface area contributed by atoms with Gasteiger partial charge in [-0.25, -0.2) is 21.5 Å². The molecule has 2 aliphatic heterocycles. The Balaban J connectivity index is 1.98. The highest BCUT2D eigenvalue weighted by Gasteiger charge is 2.27. The first-order valence-corrected chi connectivity index (χ1v) is 14.9. The second-order valence-corrected chi connectivity index (χ2v) is 14.3. The third-order valence-electron chi connectivity index (χ3n) is 6.91. The Morgan fingerprint density at radius 1 is 0.730 bits per heavy atom. The monoisotopic (exact) mass is 554 g/mol. The van der Waals surface area contributed by atoms with Gasteiger partial charge < -0.3 is 19.3 Å². The van der Waals surface area contributed by atoms with Crippen LogP contribution in [0.15, 0.2) is 22.0 Å². The first-order chi connectivity index (χ1) is 17.1. The Bertz CT molecular complexity index is 1040. The molecule has 8 nitrogen and oxygen atoms in total. The van der Waals surface area contributed by atoms with E-state index < -0.39 is 44.3 Å². The fourth-order valence-corrected chi connectivity index (χ4v) is 7.34. The molecule has 0 saturated carbocycles. The first kappa shape index (κ1) is 31.3. The van der Waals surface area contributed by atoms with Crippen LogP contribution in [0.5, 0.6) is 0 Å². The van der Waals surface area contributed by atoms with Crippen molar-refractivity contribution in [2.75, 3.05) is 0 Å². The summed E-state index contributed by atoms with van der Waals surface area (Å²) in [6.07, 6.45) is 6.98. The van der Waals surface area contributed by atoms with Crippen LogP contribution in [-0.4, -0.2) is 52.6 Å². The number of hydrogen-bond acceptors (Lipinski definition) is 6. The number of aliphatic carboxylic acids is 2. The Morgan fingerprint density at radius 2 is 1.08 bits per heavy atom. The Labute approximate surface area is 224 Å². The van der Waals surface area contributed by atoms with E-state index in [9.17, 15) is 38.5 Å². The highest BCUT2D eigenvalue weighted by Crippen LogP contribution is 2.37. The molecule has 10 heteroatoms. The van der Waals surface area contributed by atoms with Gasteiger partial charge >= 0.3 is 11.9 Å². The highest BCUT2D eigenvalue weighted by molar-refractivity contribution is 8.14. The van der Waals surface area contributed by atoms with Crippen molar-refractivity contribution in [2.45, 2.75) is 98.3 Å². The van der Waals surface area contributed by atoms with E-state index >= 15 is 0 Å². The minimum absolute atomic E-state index is 0.0918. The second-order valence-electron chi connectivity index (χ2n) is 11.1. The zero-order chi connectivity index (χ0) is 28.0. The van der Waals surface area contributed by atoms with E-state index in [2.05, 4.69) is 0 Å². The van der Waals surface area contributed by atoms with Gasteiger partial charge in [0.1, 0.15) is 0 Å². The van der Waals surface area contributed by atoms with Crippen LogP contribution >= 0.6 is 21.5 Å². The molecule has 0 amide bonds.